The van der Waals surface area contributed by atoms with Crippen molar-refractivity contribution in [3.8, 4) is 0 Å². The molecule has 0 atom stereocenters. The summed E-state index contributed by atoms with van der Waals surface area (Å²) in [5.74, 6) is 0. The maximum atomic E-state index is 3.38. The van der Waals surface area contributed by atoms with E-state index >= 15 is 0 Å². The highest BCUT2D eigenvalue weighted by Gasteiger charge is 2.16. The van der Waals surface area contributed by atoms with E-state index in [0.717, 1.165) is 5.52 Å². The number of aromatic nitrogens is 1. The summed E-state index contributed by atoms with van der Waals surface area (Å²) < 4.78 is 2.26. The predicted molar refractivity (Wildman–Crippen MR) is 83.3 cm³/mol. The van der Waals surface area contributed by atoms with Gasteiger partial charge in [0.05, 0.1) is 11.2 Å². The molecule has 0 aliphatic heterocycles. The third-order valence-electron chi connectivity index (χ3n) is 3.80. The number of benzene rings is 1. The largest absolute Gasteiger partial charge is 0.301 e. The summed E-state index contributed by atoms with van der Waals surface area (Å²) in [6, 6.07) is 18.9. The van der Waals surface area contributed by atoms with Crippen LogP contribution in [0.15, 0.2) is 59.4 Å². The van der Waals surface area contributed by atoms with Crippen LogP contribution in [-0.4, -0.2) is 4.57 Å². The molecule has 1 aliphatic rings. The Morgan fingerprint density at radius 2 is 1.85 bits per heavy atom. The quantitative estimate of drug-likeness (QED) is 0.553. The minimum absolute atomic E-state index is 1.08. The number of nitrogens with zero attached hydrogens (tertiary/aromatic N) is 1. The lowest BCUT2D eigenvalue weighted by atomic mass is 10.2. The highest BCUT2D eigenvalue weighted by atomic mass is 15.0. The van der Waals surface area contributed by atoms with Gasteiger partial charge in [-0.25, -0.2) is 0 Å². The summed E-state index contributed by atoms with van der Waals surface area (Å²) in [6.07, 6.45) is 2.18. The van der Waals surface area contributed by atoms with Crippen LogP contribution in [-0.2, 0) is 0 Å². The van der Waals surface area contributed by atoms with Crippen LogP contribution in [0.3, 0.4) is 0 Å². The highest BCUT2D eigenvalue weighted by Crippen LogP contribution is 2.34. The van der Waals surface area contributed by atoms with Gasteiger partial charge in [-0.05, 0) is 49.8 Å². The van der Waals surface area contributed by atoms with Gasteiger partial charge in [0.2, 0.25) is 0 Å². The molecule has 0 radical (unpaired) electrons. The molecule has 2 aromatic carbocycles. The van der Waals surface area contributed by atoms with E-state index in [1.165, 1.54) is 33.1 Å². The minimum atomic E-state index is 1.08. The lowest BCUT2D eigenvalue weighted by Gasteiger charge is -2.08. The van der Waals surface area contributed by atoms with Gasteiger partial charge in [0.15, 0.2) is 0 Å². The van der Waals surface area contributed by atoms with Crippen LogP contribution < -0.4 is 0 Å². The maximum Gasteiger partial charge on any atom is 0.105 e. The predicted octanol–water partition coefficient (Wildman–Crippen LogP) is 4.74. The van der Waals surface area contributed by atoms with Crippen LogP contribution in [0.1, 0.15) is 13.8 Å². The first-order chi connectivity index (χ1) is 9.75. The van der Waals surface area contributed by atoms with Crippen molar-refractivity contribution in [3.05, 3.63) is 71.5 Å². The Labute approximate surface area is 118 Å². The highest BCUT2D eigenvalue weighted by molar-refractivity contribution is 6.10. The second-order valence-corrected chi connectivity index (χ2v) is 5.18. The first kappa shape index (κ1) is 11.2. The summed E-state index contributed by atoms with van der Waals surface area (Å²) in [7, 11) is 0. The van der Waals surface area contributed by atoms with Gasteiger partial charge in [0, 0.05) is 16.3 Å². The molecule has 0 saturated heterocycles. The number of hydrogen-bond acceptors (Lipinski definition) is 0. The summed E-state index contributed by atoms with van der Waals surface area (Å²) in [4.78, 5) is 0. The number of allylic oxidation sites excluding steroid dienone is 3. The molecular formula is C19H13N. The molecule has 1 aliphatic carbocycles. The van der Waals surface area contributed by atoms with Crippen molar-refractivity contribution in [1.82, 2.24) is 4.57 Å². The van der Waals surface area contributed by atoms with E-state index in [-0.39, 0.29) is 0 Å². The molecule has 0 N–H and O–H groups in total. The Kier molecular flexibility index (Phi) is 2.18. The standard InChI is InChI=1S/C19H13N/c1-13-11-14(2)19(12-13)20-17-9-5-3-7-15(17)16-8-4-6-10-18(16)20/h3-5,7-9,12H,1-2H3. The third-order valence-corrected chi connectivity index (χ3v) is 3.80. The molecular weight excluding hydrogens is 242 g/mol. The fraction of sp³-hybridized carbons (Fsp3) is 0.105. The second kappa shape index (κ2) is 3.90. The molecule has 0 bridgehead atoms. The normalized spacial score (nSPS) is 14.2. The Bertz CT molecular complexity index is 891. The van der Waals surface area contributed by atoms with Gasteiger partial charge in [-0.3, -0.25) is 0 Å². The molecule has 0 spiro atoms. The van der Waals surface area contributed by atoms with Gasteiger partial charge in [-0.15, -0.1) is 5.73 Å². The summed E-state index contributed by atoms with van der Waals surface area (Å²) in [5, 5.41) is 2.48. The van der Waals surface area contributed by atoms with Gasteiger partial charge in [-0.1, -0.05) is 24.3 Å². The summed E-state index contributed by atoms with van der Waals surface area (Å²) in [6.45, 7) is 4.19. The average Bonchev–Trinajstić information content (AvgIpc) is 2.96. The zero-order chi connectivity index (χ0) is 13.7. The molecule has 0 unspecified atom stereocenters. The van der Waals surface area contributed by atoms with Crippen molar-refractivity contribution in [2.24, 2.45) is 0 Å². The van der Waals surface area contributed by atoms with Crippen molar-refractivity contribution >= 4 is 27.5 Å². The molecule has 20 heavy (non-hydrogen) atoms. The monoisotopic (exact) mass is 255 g/mol. The number of fused-ring (bicyclic) bond motifs is 3. The number of hydrogen-bond donors (Lipinski definition) is 0. The van der Waals surface area contributed by atoms with Crippen molar-refractivity contribution < 1.29 is 0 Å². The first-order valence-electron chi connectivity index (χ1n) is 6.74. The van der Waals surface area contributed by atoms with Gasteiger partial charge >= 0.3 is 0 Å². The lowest BCUT2D eigenvalue weighted by molar-refractivity contribution is 1.21. The first-order valence-corrected chi connectivity index (χ1v) is 6.74. The van der Waals surface area contributed by atoms with Crippen LogP contribution in [0.25, 0.3) is 27.5 Å². The van der Waals surface area contributed by atoms with Crippen molar-refractivity contribution in [3.63, 3.8) is 0 Å². The number of para-hydroxylation sites is 1. The molecule has 1 heterocycles. The molecule has 1 aromatic heterocycles. The van der Waals surface area contributed by atoms with E-state index in [9.17, 15) is 0 Å². The van der Waals surface area contributed by atoms with E-state index in [0.29, 0.717) is 0 Å². The average molecular weight is 255 g/mol. The Morgan fingerprint density at radius 1 is 1.00 bits per heavy atom. The van der Waals surface area contributed by atoms with Gasteiger partial charge in [0.1, 0.15) is 5.52 Å². The van der Waals surface area contributed by atoms with Crippen LogP contribution >= 0.6 is 0 Å². The Morgan fingerprint density at radius 3 is 2.65 bits per heavy atom. The second-order valence-electron chi connectivity index (χ2n) is 5.18. The molecule has 0 saturated carbocycles. The topological polar surface area (TPSA) is 4.93 Å². The van der Waals surface area contributed by atoms with E-state index in [4.69, 9.17) is 0 Å². The summed E-state index contributed by atoms with van der Waals surface area (Å²) >= 11 is 0. The van der Waals surface area contributed by atoms with E-state index in [1.807, 2.05) is 6.07 Å². The number of rotatable bonds is 1. The van der Waals surface area contributed by atoms with Gasteiger partial charge in [0.25, 0.3) is 0 Å². The maximum absolute atomic E-state index is 3.38. The van der Waals surface area contributed by atoms with Crippen molar-refractivity contribution in [2.45, 2.75) is 13.8 Å². The van der Waals surface area contributed by atoms with Crippen LogP contribution in [0, 0.1) is 12.1 Å². The van der Waals surface area contributed by atoms with E-state index in [2.05, 4.69) is 72.7 Å². The Balaban J connectivity index is 2.18. The van der Waals surface area contributed by atoms with Crippen LogP contribution in [0.4, 0.5) is 0 Å². The van der Waals surface area contributed by atoms with Crippen LogP contribution in [0.5, 0.6) is 0 Å². The molecule has 94 valence electrons. The fourth-order valence-corrected chi connectivity index (χ4v) is 2.98. The zero-order valence-electron chi connectivity index (χ0n) is 11.5. The van der Waals surface area contributed by atoms with Crippen molar-refractivity contribution in [2.75, 3.05) is 0 Å². The van der Waals surface area contributed by atoms with E-state index in [1.54, 1.807) is 0 Å². The molecule has 3 aromatic rings. The fourth-order valence-electron chi connectivity index (χ4n) is 2.98. The van der Waals surface area contributed by atoms with Crippen LogP contribution in [0.2, 0.25) is 0 Å². The van der Waals surface area contributed by atoms with E-state index < -0.39 is 0 Å². The molecule has 1 heteroatoms. The SMILES string of the molecule is CC1=C=C(C)C(n2c3c#cccc3c3ccccc32)=C1. The zero-order valence-corrected chi connectivity index (χ0v) is 11.5. The third kappa shape index (κ3) is 1.40. The van der Waals surface area contributed by atoms with Gasteiger partial charge in [-0.2, -0.15) is 0 Å². The molecule has 0 fully saturated rings. The summed E-state index contributed by atoms with van der Waals surface area (Å²) in [5.41, 5.74) is 9.19. The smallest absolute Gasteiger partial charge is 0.105 e. The van der Waals surface area contributed by atoms with Crippen molar-refractivity contribution in [1.29, 1.82) is 0 Å². The molecule has 0 amide bonds. The minimum Gasteiger partial charge on any atom is -0.301 e. The lowest BCUT2D eigenvalue weighted by Crippen LogP contribution is -1.96. The molecule has 4 rings (SSSR count). The Hall–Kier alpha value is -2.68. The molecule has 1 nitrogen and oxygen atoms in total. The van der Waals surface area contributed by atoms with Gasteiger partial charge < -0.3 is 4.57 Å².